The van der Waals surface area contributed by atoms with Crippen LogP contribution < -0.4 is 48.6 Å². The van der Waals surface area contributed by atoms with Gasteiger partial charge in [0.2, 0.25) is 49.7 Å². The molecule has 1 aromatic heterocycles. The molecule has 1 unspecified atom stereocenters. The molecule has 5 heterocycles. The average Bonchev–Trinajstić information content (AvgIpc) is 1.73. The number of benzene rings is 7. The van der Waals surface area contributed by atoms with E-state index in [1.54, 1.807) is 54.6 Å². The lowest BCUT2D eigenvalue weighted by Crippen LogP contribution is -2.39. The van der Waals surface area contributed by atoms with Gasteiger partial charge in [0.15, 0.2) is 28.8 Å². The van der Waals surface area contributed by atoms with E-state index in [9.17, 15) is 84.5 Å². The highest BCUT2D eigenvalue weighted by atomic mass is 35.5. The Hall–Kier alpha value is -8.96. The Kier molecular flexibility index (Phi) is 26.0. The van der Waals surface area contributed by atoms with Gasteiger partial charge in [-0.15, -0.1) is 0 Å². The van der Waals surface area contributed by atoms with Gasteiger partial charge in [0.05, 0.1) is 43.0 Å². The van der Waals surface area contributed by atoms with Crippen molar-refractivity contribution >= 4 is 175 Å². The van der Waals surface area contributed by atoms with Crippen molar-refractivity contribution in [3.05, 3.63) is 207 Å². The van der Waals surface area contributed by atoms with Gasteiger partial charge in [0.25, 0.3) is 0 Å². The molecule has 12 rings (SSSR count). The van der Waals surface area contributed by atoms with E-state index in [1.807, 2.05) is 6.07 Å². The number of halogens is 15. The first-order chi connectivity index (χ1) is 49.6. The van der Waals surface area contributed by atoms with Crippen LogP contribution in [0.5, 0.6) is 40.2 Å². The fourth-order valence-electron chi connectivity index (χ4n) is 9.97. The van der Waals surface area contributed by atoms with Crippen LogP contribution in [0, 0.1) is 0 Å². The minimum atomic E-state index is -4.70. The number of hydrogen-bond acceptors (Lipinski definition) is 16. The molecule has 38 heteroatoms. The highest BCUT2D eigenvalue weighted by Gasteiger charge is 2.50. The number of ether oxygens (including phenoxy) is 5. The molecule has 0 saturated carbocycles. The number of carbonyl (C=O) groups is 4. The van der Waals surface area contributed by atoms with Crippen molar-refractivity contribution in [3.63, 3.8) is 0 Å². The molecule has 4 aliphatic rings. The lowest BCUT2D eigenvalue weighted by molar-refractivity contribution is -0.185. The van der Waals surface area contributed by atoms with Gasteiger partial charge < -0.3 is 38.1 Å². The summed E-state index contributed by atoms with van der Waals surface area (Å²) >= 11 is 34.7. The fraction of sp³-hybridized carbons (Fsp3) is 0.188. The van der Waals surface area contributed by atoms with Crippen LogP contribution in [0.25, 0.3) is 29.2 Å². The van der Waals surface area contributed by atoms with Crippen LogP contribution in [0.4, 0.5) is 56.6 Å². The van der Waals surface area contributed by atoms with Crippen LogP contribution >= 0.6 is 69.6 Å². The van der Waals surface area contributed by atoms with Crippen LogP contribution in [0.15, 0.2) is 158 Å². The topological polar surface area (TPSA) is 278 Å². The van der Waals surface area contributed by atoms with Crippen molar-refractivity contribution in [2.75, 3.05) is 27.3 Å². The maximum atomic E-state index is 12.9. The van der Waals surface area contributed by atoms with Crippen LogP contribution in [-0.2, 0) is 55.5 Å². The van der Waals surface area contributed by atoms with E-state index in [4.69, 9.17) is 97.7 Å². The number of anilines is 3. The number of Topliss-reactive ketones (excluding diaryl/α,β-unsaturated/α-hetero) is 3. The number of nitrogens with one attached hydrogen (secondary N) is 4. The molecular formula is C69H53Cl6F9N4O16S3. The fourth-order valence-corrected chi connectivity index (χ4v) is 14.0. The summed E-state index contributed by atoms with van der Waals surface area (Å²) in [4.78, 5) is 58.0. The lowest BCUT2D eigenvalue weighted by Gasteiger charge is -2.28. The zero-order valence-corrected chi connectivity index (χ0v) is 62.4. The molecule has 0 saturated heterocycles. The number of carbonyl (C=O) groups excluding carboxylic acids is 4. The molecule has 107 heavy (non-hydrogen) atoms. The first-order valence-electron chi connectivity index (χ1n) is 30.0. The number of amides is 1. The summed E-state index contributed by atoms with van der Waals surface area (Å²) in [6.45, 7) is 4.55. The molecule has 4 aliphatic heterocycles. The normalized spacial score (nSPS) is 16.5. The Morgan fingerprint density at radius 2 is 0.916 bits per heavy atom. The van der Waals surface area contributed by atoms with Crippen molar-refractivity contribution in [3.8, 4) is 40.2 Å². The average molecular weight is 1670 g/mol. The number of ketones is 3. The van der Waals surface area contributed by atoms with Crippen LogP contribution in [0.2, 0.25) is 30.1 Å². The van der Waals surface area contributed by atoms with Gasteiger partial charge in [-0.05, 0) is 123 Å². The number of fused-ring (bicyclic) bond motifs is 5. The molecule has 0 spiro atoms. The van der Waals surface area contributed by atoms with E-state index >= 15 is 0 Å². The van der Waals surface area contributed by atoms with E-state index in [-0.39, 0.29) is 115 Å². The van der Waals surface area contributed by atoms with E-state index in [0.717, 1.165) is 45.3 Å². The predicted octanol–water partition coefficient (Wildman–Crippen LogP) is 17.7. The summed E-state index contributed by atoms with van der Waals surface area (Å²) in [5.41, 5.74) is 0.237. The van der Waals surface area contributed by atoms with Gasteiger partial charge in [-0.1, -0.05) is 106 Å². The standard InChI is InChI=1S/C19H18N2O5S.C14H14N2O5S2.3C12H7Cl2F3O2/c1-12(22)20-16-11-25-17-10-15(21-27(2,3)24)18(9-14(17)19(16)23)26-13-7-5-4-6-8-13;1-22(17,18)16-12-7-10-9-15-23(19,20)14(10)8-13(12)21-11-5-3-2-4-6-11;3*1-5(18)8-3-6-2-7(13)4-9(14)10(6)19-11(8)12(15,16)17/h4-11H,2H2,1,3H3,(H,20,22)(H,21,24);2-8,15-16H,9H2,1H3;3*2-4,11H,1H3/t;;3*11-/m..000/s1. The second kappa shape index (κ2) is 33.3. The van der Waals surface area contributed by atoms with Crippen LogP contribution in [0.3, 0.4) is 0 Å². The number of alkyl halides is 9. The Morgan fingerprint density at radius 1 is 0.542 bits per heavy atom. The third-order valence-corrected chi connectivity index (χ3v) is 18.6. The van der Waals surface area contributed by atoms with Gasteiger partial charge >= 0.3 is 18.5 Å². The van der Waals surface area contributed by atoms with E-state index in [0.29, 0.717) is 22.7 Å². The van der Waals surface area contributed by atoms with Gasteiger partial charge in [-0.3, -0.25) is 28.7 Å². The van der Waals surface area contributed by atoms with Crippen LogP contribution in [-0.4, -0.2) is 99.5 Å². The largest absolute Gasteiger partial charge is 0.474 e. The van der Waals surface area contributed by atoms with Crippen molar-refractivity contribution in [1.29, 1.82) is 0 Å². The van der Waals surface area contributed by atoms with E-state index in [1.165, 1.54) is 80.1 Å². The second-order valence-electron chi connectivity index (χ2n) is 23.1. The highest BCUT2D eigenvalue weighted by Crippen LogP contribution is 2.47. The summed E-state index contributed by atoms with van der Waals surface area (Å²) in [6.07, 6.45) is -14.1. The predicted molar refractivity (Wildman–Crippen MR) is 390 cm³/mol. The first kappa shape index (κ1) is 83.7. The van der Waals surface area contributed by atoms with Gasteiger partial charge in [0.1, 0.15) is 46.3 Å². The highest BCUT2D eigenvalue weighted by molar-refractivity contribution is 8.00. The van der Waals surface area contributed by atoms with Gasteiger partial charge in [0, 0.05) is 90.0 Å². The third kappa shape index (κ3) is 21.9. The van der Waals surface area contributed by atoms with Crippen molar-refractivity contribution < 1.29 is 108 Å². The number of para-hydroxylation sites is 2. The summed E-state index contributed by atoms with van der Waals surface area (Å²) in [5.74, 6) is 2.06. The Morgan fingerprint density at radius 3 is 1.26 bits per heavy atom. The summed E-state index contributed by atoms with van der Waals surface area (Å²) < 4.78 is 214. The van der Waals surface area contributed by atoms with E-state index in [2.05, 4.69) is 25.4 Å². The maximum absolute atomic E-state index is 12.9. The molecule has 1 amide bonds. The minimum absolute atomic E-state index is 0.0258. The second-order valence-corrected chi connectivity index (χ2v) is 31.3. The first-order valence-corrected chi connectivity index (χ1v) is 37.8. The maximum Gasteiger partial charge on any atom is 0.429 e. The number of rotatable bonds is 12. The molecular weight excluding hydrogens is 1620 g/mol. The molecule has 0 bridgehead atoms. The molecule has 7 aromatic carbocycles. The molecule has 20 nitrogen and oxygen atoms in total. The van der Waals surface area contributed by atoms with Crippen molar-refractivity contribution in [1.82, 2.24) is 4.72 Å². The number of hydrogen-bond donors (Lipinski definition) is 4. The van der Waals surface area contributed by atoms with Crippen molar-refractivity contribution in [2.24, 2.45) is 0 Å². The monoisotopic (exact) mass is 1670 g/mol. The van der Waals surface area contributed by atoms with Gasteiger partial charge in [-0.2, -0.15) is 39.5 Å². The van der Waals surface area contributed by atoms with Crippen molar-refractivity contribution in [2.45, 2.75) is 76.0 Å². The minimum Gasteiger partial charge on any atom is -0.474 e. The molecule has 4 atom stereocenters. The SMILES string of the molecule is C=S(C)(=O)Nc1cc2occ(NC(C)=O)c(=O)c2cc1Oc1ccccc1.CC(=O)C1=Cc2cc(Cl)cc(Cl)c2O[C@@H]1C(F)(F)F.CC(=O)C1=Cc2cc(Cl)cc(Cl)c2O[C@@H]1C(F)(F)F.CC(=O)C1=Cc2cc(Cl)cc(Cl)c2O[C@@H]1C(F)(F)F.CS(=O)(=O)Nc1cc2c(cc1Oc1ccccc1)S(=O)(=O)NC2. The molecule has 4 N–H and O–H groups in total. The quantitative estimate of drug-likeness (QED) is 0.0653. The van der Waals surface area contributed by atoms with Crippen LogP contribution in [0.1, 0.15) is 49.9 Å². The summed E-state index contributed by atoms with van der Waals surface area (Å²) in [7, 11) is -9.73. The molecule has 568 valence electrons. The molecule has 0 aliphatic carbocycles. The zero-order valence-electron chi connectivity index (χ0n) is 55.4. The lowest BCUT2D eigenvalue weighted by atomic mass is 9.98. The molecule has 0 fully saturated rings. The zero-order chi connectivity index (χ0) is 79.4. The third-order valence-electron chi connectivity index (χ3n) is 14.4. The molecule has 8 aromatic rings. The van der Waals surface area contributed by atoms with Gasteiger partial charge in [-0.25, -0.2) is 25.8 Å². The summed E-state index contributed by atoms with van der Waals surface area (Å²) in [6, 6.07) is 31.4. The smallest absolute Gasteiger partial charge is 0.429 e. The number of sulfonamides is 2. The Bertz CT molecular complexity index is 5140. The van der Waals surface area contributed by atoms with E-state index < -0.39 is 106 Å². The Balaban J connectivity index is 0.000000170. The molecule has 0 radical (unpaired) electrons. The Labute approximate surface area is 633 Å². The summed E-state index contributed by atoms with van der Waals surface area (Å²) in [5, 5.41) is 3.29.